The van der Waals surface area contributed by atoms with Crippen molar-refractivity contribution in [1.82, 2.24) is 4.98 Å². The maximum atomic E-state index is 12.8. The van der Waals surface area contributed by atoms with Gasteiger partial charge in [0.25, 0.3) is 0 Å². The number of aromatic nitrogens is 1. The fourth-order valence-corrected chi connectivity index (χ4v) is 4.74. The number of aryl methyl sites for hydroxylation is 1. The molecule has 1 unspecified atom stereocenters. The highest BCUT2D eigenvalue weighted by molar-refractivity contribution is 7.15. The summed E-state index contributed by atoms with van der Waals surface area (Å²) in [5.41, 5.74) is 2.41. The summed E-state index contributed by atoms with van der Waals surface area (Å²) < 4.78 is 44.3. The molecule has 0 aliphatic carbocycles. The molecule has 35 heavy (non-hydrogen) atoms. The summed E-state index contributed by atoms with van der Waals surface area (Å²) in [4.78, 5) is 21.7. The first-order valence-corrected chi connectivity index (χ1v) is 11.8. The van der Waals surface area contributed by atoms with E-state index in [4.69, 9.17) is 9.57 Å². The van der Waals surface area contributed by atoms with E-state index in [9.17, 15) is 23.1 Å². The summed E-state index contributed by atoms with van der Waals surface area (Å²) in [6, 6.07) is 12.2. The molecule has 2 heterocycles. The molecule has 0 bridgehead atoms. The van der Waals surface area contributed by atoms with Crippen LogP contribution in [0.1, 0.15) is 46.9 Å². The average Bonchev–Trinajstić information content (AvgIpc) is 3.46. The Morgan fingerprint density at radius 1 is 1.17 bits per heavy atom. The standard InChI is InChI=1S/C25H23F3N2O4S/c1-15-22(35-24(29-15)17-2-6-19(7-3-17)25(26,27)28)14-33-21-8-4-16(5-9-21)18(13-23(31)32)12-20-10-11-34-30-20/h2-9,18H,10-14H2,1H3,(H,31,32). The molecule has 0 fully saturated rings. The van der Waals surface area contributed by atoms with Crippen LogP contribution in [-0.2, 0) is 22.4 Å². The minimum Gasteiger partial charge on any atom is -0.488 e. The number of hydrogen-bond acceptors (Lipinski definition) is 6. The number of nitrogens with zero attached hydrogens (tertiary/aromatic N) is 2. The third kappa shape index (κ3) is 6.39. The molecule has 1 N–H and O–H groups in total. The quantitative estimate of drug-likeness (QED) is 0.363. The number of hydrogen-bond donors (Lipinski definition) is 1. The average molecular weight is 505 g/mol. The van der Waals surface area contributed by atoms with Gasteiger partial charge in [-0.15, -0.1) is 11.3 Å². The third-order valence-corrected chi connectivity index (χ3v) is 6.83. The van der Waals surface area contributed by atoms with E-state index < -0.39 is 17.7 Å². The SMILES string of the molecule is Cc1nc(-c2ccc(C(F)(F)F)cc2)sc1COc1ccc(C(CC(=O)O)CC2=NOCC2)cc1. The number of halogens is 3. The molecule has 0 radical (unpaired) electrons. The summed E-state index contributed by atoms with van der Waals surface area (Å²) in [7, 11) is 0. The maximum Gasteiger partial charge on any atom is 0.416 e. The fourth-order valence-electron chi connectivity index (χ4n) is 3.76. The molecule has 1 atom stereocenters. The molecule has 6 nitrogen and oxygen atoms in total. The Morgan fingerprint density at radius 2 is 1.89 bits per heavy atom. The minimum atomic E-state index is -4.38. The molecule has 184 valence electrons. The van der Waals surface area contributed by atoms with Crippen LogP contribution in [0.4, 0.5) is 13.2 Å². The van der Waals surface area contributed by atoms with Gasteiger partial charge in [-0.25, -0.2) is 4.98 Å². The van der Waals surface area contributed by atoms with E-state index in [2.05, 4.69) is 10.1 Å². The smallest absolute Gasteiger partial charge is 0.416 e. The monoisotopic (exact) mass is 504 g/mol. The molecule has 0 amide bonds. The molecule has 4 rings (SSSR count). The zero-order valence-corrected chi connectivity index (χ0v) is 19.7. The minimum absolute atomic E-state index is 0.00793. The Bertz CT molecular complexity index is 1200. The van der Waals surface area contributed by atoms with E-state index in [0.29, 0.717) is 35.8 Å². The summed E-state index contributed by atoms with van der Waals surface area (Å²) in [6.45, 7) is 2.62. The number of benzene rings is 2. The van der Waals surface area contributed by atoms with Crippen molar-refractivity contribution < 1.29 is 32.6 Å². The van der Waals surface area contributed by atoms with E-state index in [1.807, 2.05) is 19.1 Å². The fraction of sp³-hybridized carbons (Fsp3) is 0.320. The first-order chi connectivity index (χ1) is 16.7. The van der Waals surface area contributed by atoms with Crippen molar-refractivity contribution in [2.45, 2.75) is 44.9 Å². The molecule has 1 aromatic heterocycles. The molecule has 2 aromatic carbocycles. The van der Waals surface area contributed by atoms with Crippen molar-refractivity contribution in [2.24, 2.45) is 5.16 Å². The molecular weight excluding hydrogens is 481 g/mol. The van der Waals surface area contributed by atoms with Crippen LogP contribution in [0.25, 0.3) is 10.6 Å². The first kappa shape index (κ1) is 24.7. The molecule has 0 spiro atoms. The van der Waals surface area contributed by atoms with Gasteiger partial charge < -0.3 is 14.7 Å². The zero-order valence-electron chi connectivity index (χ0n) is 18.8. The first-order valence-electron chi connectivity index (χ1n) is 10.9. The highest BCUT2D eigenvalue weighted by Gasteiger charge is 2.30. The van der Waals surface area contributed by atoms with Gasteiger partial charge in [0.15, 0.2) is 0 Å². The van der Waals surface area contributed by atoms with Gasteiger partial charge in [0.2, 0.25) is 0 Å². The lowest BCUT2D eigenvalue weighted by molar-refractivity contribution is -0.138. The predicted octanol–water partition coefficient (Wildman–Crippen LogP) is 6.44. The summed E-state index contributed by atoms with van der Waals surface area (Å²) in [6.07, 6.45) is -3.15. The van der Waals surface area contributed by atoms with Crippen LogP contribution >= 0.6 is 11.3 Å². The molecule has 1 aliphatic rings. The Morgan fingerprint density at radius 3 is 2.49 bits per heavy atom. The number of carboxylic acids is 1. The van der Waals surface area contributed by atoms with E-state index in [-0.39, 0.29) is 18.9 Å². The van der Waals surface area contributed by atoms with Gasteiger partial charge in [-0.3, -0.25) is 4.79 Å². The van der Waals surface area contributed by atoms with E-state index in [0.717, 1.165) is 34.0 Å². The summed E-state index contributed by atoms with van der Waals surface area (Å²) in [5.74, 6) is -0.468. The number of rotatable bonds is 9. The largest absolute Gasteiger partial charge is 0.488 e. The molecule has 0 saturated carbocycles. The van der Waals surface area contributed by atoms with Gasteiger partial charge in [0.05, 0.1) is 28.3 Å². The number of carboxylic acid groups (broad SMARTS) is 1. The van der Waals surface area contributed by atoms with Gasteiger partial charge in [-0.2, -0.15) is 13.2 Å². The van der Waals surface area contributed by atoms with E-state index in [1.165, 1.54) is 23.5 Å². The van der Waals surface area contributed by atoms with Crippen molar-refractivity contribution in [3.05, 3.63) is 70.2 Å². The van der Waals surface area contributed by atoms with Gasteiger partial charge in [-0.05, 0) is 49.1 Å². The molecule has 10 heteroatoms. The van der Waals surface area contributed by atoms with Crippen LogP contribution < -0.4 is 4.74 Å². The van der Waals surface area contributed by atoms with Crippen molar-refractivity contribution in [2.75, 3.05) is 6.61 Å². The number of thiazole rings is 1. The third-order valence-electron chi connectivity index (χ3n) is 5.65. The predicted molar refractivity (Wildman–Crippen MR) is 126 cm³/mol. The number of carbonyl (C=O) groups is 1. The molecular formula is C25H23F3N2O4S. The Labute approximate surface area is 204 Å². The lowest BCUT2D eigenvalue weighted by Crippen LogP contribution is -2.11. The number of aliphatic carboxylic acids is 1. The van der Waals surface area contributed by atoms with Crippen LogP contribution in [0.5, 0.6) is 5.75 Å². The van der Waals surface area contributed by atoms with Crippen molar-refractivity contribution >= 4 is 23.0 Å². The van der Waals surface area contributed by atoms with Crippen LogP contribution in [0, 0.1) is 6.92 Å². The highest BCUT2D eigenvalue weighted by Crippen LogP contribution is 2.33. The molecule has 1 aliphatic heterocycles. The maximum absolute atomic E-state index is 12.8. The van der Waals surface area contributed by atoms with Crippen LogP contribution in [0.15, 0.2) is 53.7 Å². The number of alkyl halides is 3. The number of oxime groups is 1. The second-order valence-corrected chi connectivity index (χ2v) is 9.28. The lowest BCUT2D eigenvalue weighted by Gasteiger charge is -2.15. The Kier molecular flexibility index (Phi) is 7.39. The van der Waals surface area contributed by atoms with Crippen LogP contribution in [-0.4, -0.2) is 28.4 Å². The van der Waals surface area contributed by atoms with Gasteiger partial charge in [0, 0.05) is 12.0 Å². The summed E-state index contributed by atoms with van der Waals surface area (Å²) >= 11 is 1.37. The zero-order chi connectivity index (χ0) is 25.0. The van der Waals surface area contributed by atoms with Crippen LogP contribution in [0.3, 0.4) is 0 Å². The van der Waals surface area contributed by atoms with Gasteiger partial charge in [-0.1, -0.05) is 29.4 Å². The lowest BCUT2D eigenvalue weighted by atomic mass is 9.90. The van der Waals surface area contributed by atoms with Gasteiger partial charge in [0.1, 0.15) is 24.0 Å². The van der Waals surface area contributed by atoms with E-state index >= 15 is 0 Å². The van der Waals surface area contributed by atoms with Crippen molar-refractivity contribution in [3.8, 4) is 16.3 Å². The number of ether oxygens (including phenoxy) is 1. The second-order valence-electron chi connectivity index (χ2n) is 8.20. The van der Waals surface area contributed by atoms with Crippen LogP contribution in [0.2, 0.25) is 0 Å². The topological polar surface area (TPSA) is 81.0 Å². The highest BCUT2D eigenvalue weighted by atomic mass is 32.1. The Hall–Kier alpha value is -3.40. The summed E-state index contributed by atoms with van der Waals surface area (Å²) in [5, 5.41) is 13.9. The van der Waals surface area contributed by atoms with Crippen molar-refractivity contribution in [3.63, 3.8) is 0 Å². The Balaban J connectivity index is 1.40. The normalized spacial score (nSPS) is 14.3. The van der Waals surface area contributed by atoms with Crippen molar-refractivity contribution in [1.29, 1.82) is 0 Å². The van der Waals surface area contributed by atoms with Gasteiger partial charge >= 0.3 is 12.1 Å². The second kappa shape index (κ2) is 10.5. The molecule has 3 aromatic rings. The van der Waals surface area contributed by atoms with E-state index in [1.54, 1.807) is 12.1 Å². The molecule has 0 saturated heterocycles.